The third-order valence-electron chi connectivity index (χ3n) is 7.44. The first-order valence-electron chi connectivity index (χ1n) is 11.2. The Labute approximate surface area is 171 Å². The Hall–Kier alpha value is -0.883. The normalized spacial score (nSPS) is 23.8. The van der Waals surface area contributed by atoms with Crippen LogP contribution in [0.25, 0.3) is 0 Å². The third-order valence-corrected chi connectivity index (χ3v) is 10.4. The summed E-state index contributed by atoms with van der Waals surface area (Å²) in [5.74, 6) is 1.64. The molecule has 2 saturated carbocycles. The van der Waals surface area contributed by atoms with Crippen LogP contribution >= 0.6 is 0 Å². The Bertz CT molecular complexity index is 643. The summed E-state index contributed by atoms with van der Waals surface area (Å²) < 4.78 is 25.0. The standard InChI is InChI=1S/C23H36O4Si/c1-24-28(3,25-2)21-14-15-22-18(16-21)17-26-23(27-22,19-10-6-4-7-11-19)20-12-8-5-9-13-20/h14-16,19-20H,4-13,17H2,1-3H3. The predicted molar refractivity (Wildman–Crippen MR) is 113 cm³/mol. The Morgan fingerprint density at radius 2 is 1.46 bits per heavy atom. The van der Waals surface area contributed by atoms with E-state index in [1.54, 1.807) is 14.2 Å². The van der Waals surface area contributed by atoms with Gasteiger partial charge in [0.25, 0.3) is 0 Å². The average molecular weight is 405 g/mol. The lowest BCUT2D eigenvalue weighted by molar-refractivity contribution is -0.278. The number of fused-ring (bicyclic) bond motifs is 1. The van der Waals surface area contributed by atoms with Crippen molar-refractivity contribution in [2.24, 2.45) is 11.8 Å². The minimum Gasteiger partial charge on any atom is -0.461 e. The highest BCUT2D eigenvalue weighted by molar-refractivity contribution is 6.79. The molecule has 2 fully saturated rings. The van der Waals surface area contributed by atoms with Crippen LogP contribution in [0.1, 0.15) is 69.8 Å². The number of benzene rings is 1. The topological polar surface area (TPSA) is 36.9 Å². The maximum absolute atomic E-state index is 6.85. The summed E-state index contributed by atoms with van der Waals surface area (Å²) in [5, 5.41) is 1.13. The lowest BCUT2D eigenvalue weighted by Gasteiger charge is -2.50. The molecule has 3 aliphatic rings. The Kier molecular flexibility index (Phi) is 6.17. The molecule has 0 spiro atoms. The van der Waals surface area contributed by atoms with Gasteiger partial charge >= 0.3 is 8.56 Å². The summed E-state index contributed by atoms with van der Waals surface area (Å²) in [7, 11) is 1.13. The van der Waals surface area contributed by atoms with Crippen LogP contribution in [0.3, 0.4) is 0 Å². The molecule has 1 aromatic rings. The van der Waals surface area contributed by atoms with Crippen molar-refractivity contribution in [3.05, 3.63) is 23.8 Å². The van der Waals surface area contributed by atoms with Gasteiger partial charge in [-0.15, -0.1) is 0 Å². The van der Waals surface area contributed by atoms with Gasteiger partial charge in [-0.1, -0.05) is 44.6 Å². The monoisotopic (exact) mass is 404 g/mol. The van der Waals surface area contributed by atoms with Crippen LogP contribution in [0.5, 0.6) is 5.75 Å². The van der Waals surface area contributed by atoms with Gasteiger partial charge in [0.1, 0.15) is 5.75 Å². The zero-order valence-corrected chi connectivity index (χ0v) is 18.8. The van der Waals surface area contributed by atoms with Crippen LogP contribution in [-0.2, 0) is 20.2 Å². The molecule has 0 radical (unpaired) electrons. The van der Waals surface area contributed by atoms with Crippen molar-refractivity contribution in [3.63, 3.8) is 0 Å². The van der Waals surface area contributed by atoms with Crippen LogP contribution in [0, 0.1) is 11.8 Å². The summed E-state index contributed by atoms with van der Waals surface area (Å²) in [6.07, 6.45) is 12.9. The molecule has 2 aliphatic carbocycles. The predicted octanol–water partition coefficient (Wildman–Crippen LogP) is 5.02. The Balaban J connectivity index is 1.64. The molecule has 0 N–H and O–H groups in total. The molecule has 4 rings (SSSR count). The average Bonchev–Trinajstić information content (AvgIpc) is 2.79. The molecule has 1 heterocycles. The molecule has 5 heteroatoms. The molecule has 0 amide bonds. The van der Waals surface area contributed by atoms with Gasteiger partial charge in [-0.05, 0) is 49.5 Å². The first kappa shape index (κ1) is 20.4. The number of hydrogen-bond donors (Lipinski definition) is 0. The molecule has 0 saturated heterocycles. The molecule has 0 bridgehead atoms. The number of hydrogen-bond acceptors (Lipinski definition) is 4. The molecule has 0 unspecified atom stereocenters. The van der Waals surface area contributed by atoms with E-state index in [4.69, 9.17) is 18.3 Å². The van der Waals surface area contributed by atoms with Gasteiger partial charge < -0.3 is 18.3 Å². The van der Waals surface area contributed by atoms with Gasteiger partial charge in [-0.25, -0.2) is 0 Å². The molecule has 1 aliphatic heterocycles. The molecule has 28 heavy (non-hydrogen) atoms. The highest BCUT2D eigenvalue weighted by atomic mass is 28.4. The smallest absolute Gasteiger partial charge is 0.368 e. The minimum atomic E-state index is -2.34. The van der Waals surface area contributed by atoms with E-state index in [-0.39, 0.29) is 0 Å². The van der Waals surface area contributed by atoms with E-state index >= 15 is 0 Å². The van der Waals surface area contributed by atoms with E-state index in [2.05, 4.69) is 24.7 Å². The second kappa shape index (κ2) is 8.47. The molecule has 156 valence electrons. The second-order valence-corrected chi connectivity index (χ2v) is 12.2. The van der Waals surface area contributed by atoms with E-state index in [0.717, 1.165) is 16.5 Å². The minimum absolute atomic E-state index is 0.418. The fourth-order valence-corrected chi connectivity index (χ4v) is 6.99. The Morgan fingerprint density at radius 3 is 2.00 bits per heavy atom. The van der Waals surface area contributed by atoms with Crippen molar-refractivity contribution < 1.29 is 18.3 Å². The lowest BCUT2D eigenvalue weighted by atomic mass is 9.72. The summed E-state index contributed by atoms with van der Waals surface area (Å²) in [6, 6.07) is 6.45. The van der Waals surface area contributed by atoms with Crippen molar-refractivity contribution >= 4 is 13.7 Å². The summed E-state index contributed by atoms with van der Waals surface area (Å²) in [5.41, 5.74) is 1.13. The van der Waals surface area contributed by atoms with E-state index in [1.807, 2.05) is 0 Å². The van der Waals surface area contributed by atoms with Crippen LogP contribution < -0.4 is 9.92 Å². The van der Waals surface area contributed by atoms with E-state index in [0.29, 0.717) is 18.4 Å². The number of ether oxygens (including phenoxy) is 2. The zero-order chi connectivity index (χ0) is 19.6. The largest absolute Gasteiger partial charge is 0.461 e. The summed E-state index contributed by atoms with van der Waals surface area (Å²) in [6.45, 7) is 2.71. The van der Waals surface area contributed by atoms with E-state index < -0.39 is 14.3 Å². The molecular formula is C23H36O4Si. The van der Waals surface area contributed by atoms with E-state index in [9.17, 15) is 0 Å². The third kappa shape index (κ3) is 3.67. The quantitative estimate of drug-likeness (QED) is 0.646. The highest BCUT2D eigenvalue weighted by Gasteiger charge is 2.51. The fraction of sp³-hybridized carbons (Fsp3) is 0.739. The van der Waals surface area contributed by atoms with Crippen molar-refractivity contribution in [2.45, 2.75) is 83.1 Å². The fourth-order valence-electron chi connectivity index (χ4n) is 5.53. The first-order valence-corrected chi connectivity index (χ1v) is 13.5. The summed E-state index contributed by atoms with van der Waals surface area (Å²) >= 11 is 0. The molecule has 0 atom stereocenters. The maximum Gasteiger partial charge on any atom is 0.368 e. The highest BCUT2D eigenvalue weighted by Crippen LogP contribution is 2.49. The van der Waals surface area contributed by atoms with E-state index in [1.165, 1.54) is 64.2 Å². The molecule has 4 nitrogen and oxygen atoms in total. The Morgan fingerprint density at radius 1 is 0.893 bits per heavy atom. The maximum atomic E-state index is 6.85. The van der Waals surface area contributed by atoms with Crippen LogP contribution in [0.4, 0.5) is 0 Å². The number of rotatable bonds is 5. The van der Waals surface area contributed by atoms with Crippen LogP contribution in [0.15, 0.2) is 18.2 Å². The molecule has 0 aromatic heterocycles. The van der Waals surface area contributed by atoms with Gasteiger partial charge in [0, 0.05) is 31.6 Å². The SMILES string of the molecule is CO[Si](C)(OC)c1ccc2c(c1)COC(C1CCCCC1)(C1CCCCC1)O2. The molecular weight excluding hydrogens is 368 g/mol. The van der Waals surface area contributed by atoms with Crippen molar-refractivity contribution in [1.29, 1.82) is 0 Å². The van der Waals surface area contributed by atoms with Crippen molar-refractivity contribution in [3.8, 4) is 5.75 Å². The first-order chi connectivity index (χ1) is 13.6. The van der Waals surface area contributed by atoms with Gasteiger partial charge in [-0.3, -0.25) is 0 Å². The molecule has 1 aromatic carbocycles. The second-order valence-electron chi connectivity index (χ2n) is 8.96. The van der Waals surface area contributed by atoms with Crippen molar-refractivity contribution in [2.75, 3.05) is 14.2 Å². The summed E-state index contributed by atoms with van der Waals surface area (Å²) in [4.78, 5) is 0. The zero-order valence-electron chi connectivity index (χ0n) is 17.8. The lowest BCUT2D eigenvalue weighted by Crippen LogP contribution is -2.55. The van der Waals surface area contributed by atoms with Gasteiger partial charge in [-0.2, -0.15) is 0 Å². The van der Waals surface area contributed by atoms with Gasteiger partial charge in [0.05, 0.1) is 6.61 Å². The van der Waals surface area contributed by atoms with Crippen LogP contribution in [-0.4, -0.2) is 28.6 Å². The van der Waals surface area contributed by atoms with Gasteiger partial charge in [0.2, 0.25) is 5.79 Å². The van der Waals surface area contributed by atoms with Gasteiger partial charge in [0.15, 0.2) is 0 Å². The van der Waals surface area contributed by atoms with Crippen molar-refractivity contribution in [1.82, 2.24) is 0 Å². The van der Waals surface area contributed by atoms with Crippen LogP contribution in [0.2, 0.25) is 6.55 Å².